The lowest BCUT2D eigenvalue weighted by molar-refractivity contribution is 0.0706. The van der Waals surface area contributed by atoms with Crippen LogP contribution in [0.4, 0.5) is 0 Å². The van der Waals surface area contributed by atoms with Crippen molar-refractivity contribution < 1.29 is 10.0 Å². The molecule has 0 radical (unpaired) electrons. The fourth-order valence-corrected chi connectivity index (χ4v) is 1.89. The van der Waals surface area contributed by atoms with Gasteiger partial charge in [0.05, 0.1) is 0 Å². The van der Waals surface area contributed by atoms with E-state index in [1.54, 1.807) is 17.6 Å². The Hall–Kier alpha value is -1.04. The number of hydrogen-bond acceptors (Lipinski definition) is 4. The molecule has 0 saturated carbocycles. The smallest absolute Gasteiger partial charge is 0.274 e. The van der Waals surface area contributed by atoms with Gasteiger partial charge in [0, 0.05) is 18.7 Å². The zero-order chi connectivity index (χ0) is 12.1. The van der Waals surface area contributed by atoms with Crippen LogP contribution in [-0.2, 0) is 13.1 Å². The molecule has 1 amide bonds. The van der Waals surface area contributed by atoms with Crippen LogP contribution < -0.4 is 5.48 Å². The topological polar surface area (TPSA) is 52.6 Å². The average Bonchev–Trinajstić information content (AvgIpc) is 2.69. The van der Waals surface area contributed by atoms with Crippen molar-refractivity contribution in [2.45, 2.75) is 26.9 Å². The Morgan fingerprint density at radius 2 is 2.00 bits per heavy atom. The quantitative estimate of drug-likeness (QED) is 0.400. The van der Waals surface area contributed by atoms with E-state index in [2.05, 4.69) is 12.8 Å². The molecule has 1 aliphatic rings. The van der Waals surface area contributed by atoms with Gasteiger partial charge in [0.25, 0.3) is 5.91 Å². The van der Waals surface area contributed by atoms with E-state index in [9.17, 15) is 4.79 Å². The van der Waals surface area contributed by atoms with Crippen LogP contribution in [0.15, 0.2) is 18.2 Å². The molecule has 16 heavy (non-hydrogen) atoms. The minimum atomic E-state index is -0.481. The Morgan fingerprint density at radius 1 is 1.38 bits per heavy atom. The third-order valence-electron chi connectivity index (χ3n) is 2.28. The van der Waals surface area contributed by atoms with E-state index < -0.39 is 5.91 Å². The normalized spacial score (nSPS) is 13.8. The number of fused-ring (bicyclic) bond motifs is 1. The Kier molecular flexibility index (Phi) is 4.79. The van der Waals surface area contributed by atoms with E-state index in [4.69, 9.17) is 5.21 Å². The number of thiol groups is 1. The van der Waals surface area contributed by atoms with Crippen molar-refractivity contribution in [1.29, 1.82) is 0 Å². The van der Waals surface area contributed by atoms with Crippen LogP contribution in [0.2, 0.25) is 0 Å². The van der Waals surface area contributed by atoms with Crippen LogP contribution in [0, 0.1) is 0 Å². The number of nitrogens with one attached hydrogen (secondary N) is 1. The van der Waals surface area contributed by atoms with Crippen molar-refractivity contribution in [3.8, 4) is 0 Å². The molecule has 4 nitrogen and oxygen atoms in total. The van der Waals surface area contributed by atoms with Crippen molar-refractivity contribution in [1.82, 2.24) is 9.79 Å². The fourth-order valence-electron chi connectivity index (χ4n) is 1.58. The first kappa shape index (κ1) is 13.0. The minimum absolute atomic E-state index is 0.467. The van der Waals surface area contributed by atoms with Gasteiger partial charge in [0.2, 0.25) is 0 Å². The molecule has 0 atom stereocenters. The van der Waals surface area contributed by atoms with Gasteiger partial charge in [-0.1, -0.05) is 32.7 Å². The van der Waals surface area contributed by atoms with E-state index in [-0.39, 0.29) is 0 Å². The third kappa shape index (κ3) is 2.75. The molecule has 0 aromatic heterocycles. The van der Waals surface area contributed by atoms with E-state index in [1.165, 1.54) is 5.56 Å². The zero-order valence-corrected chi connectivity index (χ0v) is 10.3. The van der Waals surface area contributed by atoms with Gasteiger partial charge < -0.3 is 0 Å². The summed E-state index contributed by atoms with van der Waals surface area (Å²) in [6.45, 7) is 5.52. The van der Waals surface area contributed by atoms with Crippen LogP contribution in [0.3, 0.4) is 0 Å². The second kappa shape index (κ2) is 5.89. The van der Waals surface area contributed by atoms with E-state index >= 15 is 0 Å². The van der Waals surface area contributed by atoms with Gasteiger partial charge in [-0.05, 0) is 23.3 Å². The number of benzene rings is 1. The van der Waals surface area contributed by atoms with Crippen molar-refractivity contribution in [2.75, 3.05) is 0 Å². The fraction of sp³-hybridized carbons (Fsp3) is 0.364. The predicted octanol–water partition coefficient (Wildman–Crippen LogP) is 1.99. The van der Waals surface area contributed by atoms with Gasteiger partial charge in [0.15, 0.2) is 0 Å². The molecule has 0 saturated heterocycles. The van der Waals surface area contributed by atoms with Crippen molar-refractivity contribution in [2.24, 2.45) is 0 Å². The van der Waals surface area contributed by atoms with Crippen LogP contribution in [0.1, 0.15) is 35.3 Å². The molecule has 1 heterocycles. The summed E-state index contributed by atoms with van der Waals surface area (Å²) in [4.78, 5) is 11.1. The third-order valence-corrected chi connectivity index (χ3v) is 2.56. The molecular formula is C11H16N2O2S. The summed E-state index contributed by atoms with van der Waals surface area (Å²) in [6, 6.07) is 5.35. The number of hydroxylamine groups is 1. The molecule has 0 fully saturated rings. The van der Waals surface area contributed by atoms with E-state index in [0.717, 1.165) is 18.7 Å². The Bertz CT molecular complexity index is 382. The van der Waals surface area contributed by atoms with Crippen LogP contribution in [-0.4, -0.2) is 15.4 Å². The van der Waals surface area contributed by atoms with Crippen molar-refractivity contribution in [3.05, 3.63) is 34.9 Å². The summed E-state index contributed by atoms with van der Waals surface area (Å²) in [7, 11) is 0. The highest BCUT2D eigenvalue weighted by atomic mass is 32.1. The highest BCUT2D eigenvalue weighted by molar-refractivity contribution is 7.77. The Labute approximate surface area is 101 Å². The maximum absolute atomic E-state index is 11.1. The summed E-state index contributed by atoms with van der Waals surface area (Å²) in [5.74, 6) is -0.481. The first-order valence-electron chi connectivity index (χ1n) is 5.21. The molecule has 2 N–H and O–H groups in total. The summed E-state index contributed by atoms with van der Waals surface area (Å²) in [5.41, 5.74) is 4.34. The average molecular weight is 240 g/mol. The second-order valence-electron chi connectivity index (χ2n) is 3.25. The van der Waals surface area contributed by atoms with E-state index in [0.29, 0.717) is 5.56 Å². The number of carbonyl (C=O) groups is 1. The highest BCUT2D eigenvalue weighted by Crippen LogP contribution is 2.24. The number of rotatable bonds is 1. The zero-order valence-electron chi connectivity index (χ0n) is 9.40. The Balaban J connectivity index is 0.000000606. The van der Waals surface area contributed by atoms with Crippen LogP contribution in [0.5, 0.6) is 0 Å². The molecule has 0 spiro atoms. The maximum atomic E-state index is 11.1. The summed E-state index contributed by atoms with van der Waals surface area (Å²) in [5, 5.41) is 8.46. The number of hydrogen-bond donors (Lipinski definition) is 3. The second-order valence-corrected chi connectivity index (χ2v) is 3.81. The molecule has 1 aliphatic heterocycles. The maximum Gasteiger partial charge on any atom is 0.274 e. The summed E-state index contributed by atoms with van der Waals surface area (Å²) >= 11 is 4.23. The first-order chi connectivity index (χ1) is 7.70. The molecular weight excluding hydrogens is 224 g/mol. The lowest BCUT2D eigenvalue weighted by Crippen LogP contribution is -2.18. The van der Waals surface area contributed by atoms with Gasteiger partial charge in [-0.15, -0.1) is 0 Å². The molecule has 0 bridgehead atoms. The van der Waals surface area contributed by atoms with Crippen LogP contribution in [0.25, 0.3) is 0 Å². The molecule has 0 unspecified atom stereocenters. The SMILES string of the molecule is CC.O=C(NO)c1ccc2c(c1)CN(S)C2. The number of nitrogens with zero attached hydrogens (tertiary/aromatic N) is 1. The minimum Gasteiger partial charge on any atom is -0.288 e. The molecule has 2 rings (SSSR count). The van der Waals surface area contributed by atoms with Gasteiger partial charge in [-0.25, -0.2) is 9.79 Å². The summed E-state index contributed by atoms with van der Waals surface area (Å²) < 4.78 is 1.87. The molecule has 88 valence electrons. The van der Waals surface area contributed by atoms with Crippen molar-refractivity contribution >= 4 is 18.7 Å². The largest absolute Gasteiger partial charge is 0.288 e. The van der Waals surface area contributed by atoms with E-state index in [1.807, 2.05) is 24.2 Å². The van der Waals surface area contributed by atoms with Crippen LogP contribution >= 0.6 is 12.8 Å². The first-order valence-corrected chi connectivity index (χ1v) is 5.61. The standard InChI is InChI=1S/C9H10N2O2S.C2H6/c12-9(10-13)6-1-2-7-4-11(14)5-8(7)3-6;1-2/h1-3,13-14H,4-5H2,(H,10,12);1-2H3. The molecule has 1 aromatic rings. The van der Waals surface area contributed by atoms with Gasteiger partial charge in [-0.3, -0.25) is 10.0 Å². The molecule has 5 heteroatoms. The molecule has 1 aromatic carbocycles. The molecule has 0 aliphatic carbocycles. The Morgan fingerprint density at radius 3 is 2.62 bits per heavy atom. The lowest BCUT2D eigenvalue weighted by Gasteiger charge is -2.01. The highest BCUT2D eigenvalue weighted by Gasteiger charge is 2.17. The predicted molar refractivity (Wildman–Crippen MR) is 65.3 cm³/mol. The van der Waals surface area contributed by atoms with Crippen molar-refractivity contribution in [3.63, 3.8) is 0 Å². The number of amides is 1. The monoisotopic (exact) mass is 240 g/mol. The lowest BCUT2D eigenvalue weighted by atomic mass is 10.1. The number of carbonyl (C=O) groups excluding carboxylic acids is 1. The van der Waals surface area contributed by atoms with Gasteiger partial charge in [-0.2, -0.15) is 0 Å². The summed E-state index contributed by atoms with van der Waals surface area (Å²) in [6.07, 6.45) is 0. The van der Waals surface area contributed by atoms with Gasteiger partial charge >= 0.3 is 0 Å². The van der Waals surface area contributed by atoms with Gasteiger partial charge in [0.1, 0.15) is 0 Å².